The molecule has 128 valence electrons. The summed E-state index contributed by atoms with van der Waals surface area (Å²) in [4.78, 5) is 20.2. The van der Waals surface area contributed by atoms with Gasteiger partial charge in [0.1, 0.15) is 0 Å². The number of aromatic amines is 2. The molecule has 4 aromatic rings. The van der Waals surface area contributed by atoms with Crippen LogP contribution in [0.15, 0.2) is 42.7 Å². The number of fused-ring (bicyclic) bond motifs is 5. The predicted octanol–water partition coefficient (Wildman–Crippen LogP) is 3.61. The molecule has 5 rings (SSSR count). The van der Waals surface area contributed by atoms with Gasteiger partial charge in [0.2, 0.25) is 0 Å². The van der Waals surface area contributed by atoms with E-state index in [4.69, 9.17) is 0 Å². The lowest BCUT2D eigenvalue weighted by atomic mass is 9.94. The highest BCUT2D eigenvalue weighted by Gasteiger charge is 2.22. The Balaban J connectivity index is 1.53. The Morgan fingerprint density at radius 3 is 3.00 bits per heavy atom. The van der Waals surface area contributed by atoms with E-state index in [1.807, 2.05) is 31.3 Å². The summed E-state index contributed by atoms with van der Waals surface area (Å²) < 4.78 is 0. The van der Waals surface area contributed by atoms with Gasteiger partial charge in [0.05, 0.1) is 23.1 Å². The zero-order valence-corrected chi connectivity index (χ0v) is 14.3. The smallest absolute Gasteiger partial charge is 0.257 e. The molecule has 26 heavy (non-hydrogen) atoms. The van der Waals surface area contributed by atoms with Crippen LogP contribution < -0.4 is 5.32 Å². The number of nitrogens with one attached hydrogen (secondary N) is 3. The van der Waals surface area contributed by atoms with E-state index in [0.717, 1.165) is 46.5 Å². The van der Waals surface area contributed by atoms with Crippen molar-refractivity contribution in [3.8, 4) is 11.4 Å². The van der Waals surface area contributed by atoms with E-state index in [-0.39, 0.29) is 5.91 Å². The fraction of sp³-hybridized carbons (Fsp3) is 0.150. The molecule has 0 atom stereocenters. The molecular formula is C20H17N5O. The molecule has 0 radical (unpaired) electrons. The number of carbonyl (C=O) groups excluding carboxylic acids is 1. The highest BCUT2D eigenvalue weighted by Crippen LogP contribution is 2.37. The number of amides is 1. The fourth-order valence-electron chi connectivity index (χ4n) is 3.70. The summed E-state index contributed by atoms with van der Waals surface area (Å²) in [6.07, 6.45) is 5.51. The van der Waals surface area contributed by atoms with Gasteiger partial charge in [-0.15, -0.1) is 0 Å². The van der Waals surface area contributed by atoms with E-state index in [1.54, 1.807) is 18.3 Å². The van der Waals surface area contributed by atoms with Crippen LogP contribution in [0.4, 0.5) is 5.69 Å². The summed E-state index contributed by atoms with van der Waals surface area (Å²) in [5.74, 6) is -0.143. The quantitative estimate of drug-likeness (QED) is 0.519. The van der Waals surface area contributed by atoms with Gasteiger partial charge in [-0.2, -0.15) is 5.10 Å². The molecule has 1 aromatic carbocycles. The maximum absolute atomic E-state index is 12.6. The lowest BCUT2D eigenvalue weighted by Gasteiger charge is -2.11. The van der Waals surface area contributed by atoms with Gasteiger partial charge in [0.25, 0.3) is 5.91 Å². The van der Waals surface area contributed by atoms with Crippen molar-refractivity contribution < 1.29 is 4.79 Å². The van der Waals surface area contributed by atoms with Crippen molar-refractivity contribution >= 4 is 22.5 Å². The summed E-state index contributed by atoms with van der Waals surface area (Å²) in [6.45, 7) is 1.84. The molecule has 0 spiro atoms. The number of anilines is 1. The van der Waals surface area contributed by atoms with Gasteiger partial charge >= 0.3 is 0 Å². The summed E-state index contributed by atoms with van der Waals surface area (Å²) in [6, 6.07) is 9.52. The van der Waals surface area contributed by atoms with Crippen molar-refractivity contribution in [3.05, 3.63) is 65.1 Å². The molecule has 3 heterocycles. The molecule has 0 saturated heterocycles. The number of H-pyrrole nitrogens is 2. The van der Waals surface area contributed by atoms with Crippen LogP contribution in [-0.2, 0) is 12.8 Å². The largest absolute Gasteiger partial charge is 0.353 e. The van der Waals surface area contributed by atoms with Crippen LogP contribution in [0, 0.1) is 6.92 Å². The third-order valence-electron chi connectivity index (χ3n) is 5.03. The Kier molecular flexibility index (Phi) is 3.18. The van der Waals surface area contributed by atoms with E-state index >= 15 is 0 Å². The number of aryl methyl sites for hydroxylation is 3. The number of rotatable bonds is 2. The molecular weight excluding hydrogens is 326 g/mol. The van der Waals surface area contributed by atoms with Gasteiger partial charge in [0.15, 0.2) is 0 Å². The van der Waals surface area contributed by atoms with Gasteiger partial charge in [0, 0.05) is 28.5 Å². The fourth-order valence-corrected chi connectivity index (χ4v) is 3.70. The number of pyridine rings is 1. The van der Waals surface area contributed by atoms with Crippen LogP contribution in [-0.4, -0.2) is 26.1 Å². The highest BCUT2D eigenvalue weighted by molar-refractivity contribution is 6.06. The number of aromatic nitrogens is 4. The highest BCUT2D eigenvalue weighted by atomic mass is 16.1. The van der Waals surface area contributed by atoms with Crippen LogP contribution in [0.2, 0.25) is 0 Å². The molecule has 0 saturated carbocycles. The molecule has 6 nitrogen and oxygen atoms in total. The second-order valence-corrected chi connectivity index (χ2v) is 6.60. The number of benzene rings is 1. The van der Waals surface area contributed by atoms with E-state index in [1.165, 1.54) is 11.1 Å². The maximum atomic E-state index is 12.6. The van der Waals surface area contributed by atoms with Crippen molar-refractivity contribution in [3.63, 3.8) is 0 Å². The molecule has 6 heteroatoms. The summed E-state index contributed by atoms with van der Waals surface area (Å²) in [5.41, 5.74) is 7.83. The Labute approximate surface area is 149 Å². The first-order chi connectivity index (χ1) is 12.7. The van der Waals surface area contributed by atoms with Crippen LogP contribution in [0.1, 0.15) is 27.2 Å². The van der Waals surface area contributed by atoms with Crippen molar-refractivity contribution in [1.29, 1.82) is 0 Å². The second kappa shape index (κ2) is 5.56. The van der Waals surface area contributed by atoms with Gasteiger partial charge in [-0.05, 0) is 61.2 Å². The van der Waals surface area contributed by atoms with Crippen LogP contribution in [0.3, 0.4) is 0 Å². The summed E-state index contributed by atoms with van der Waals surface area (Å²) in [5, 5.41) is 11.4. The van der Waals surface area contributed by atoms with E-state index in [2.05, 4.69) is 25.5 Å². The monoisotopic (exact) mass is 343 g/mol. The van der Waals surface area contributed by atoms with Crippen LogP contribution in [0.5, 0.6) is 0 Å². The number of hydrogen-bond acceptors (Lipinski definition) is 3. The molecule has 1 amide bonds. The average Bonchev–Trinajstić information content (AvgIpc) is 3.25. The first kappa shape index (κ1) is 14.9. The average molecular weight is 343 g/mol. The SMILES string of the molecule is Cc1ncccc1C(=O)Nc1ccc2[nH]c3c(c2c1)CCc1cn[nH]c1-3. The Bertz CT molecular complexity index is 1150. The molecule has 0 aliphatic heterocycles. The first-order valence-corrected chi connectivity index (χ1v) is 8.61. The topological polar surface area (TPSA) is 86.5 Å². The lowest BCUT2D eigenvalue weighted by molar-refractivity contribution is 0.102. The third-order valence-corrected chi connectivity index (χ3v) is 5.03. The minimum Gasteiger partial charge on any atom is -0.353 e. The van der Waals surface area contributed by atoms with Crippen molar-refractivity contribution in [2.75, 3.05) is 5.32 Å². The Morgan fingerprint density at radius 1 is 1.19 bits per heavy atom. The third kappa shape index (κ3) is 2.23. The molecule has 0 unspecified atom stereocenters. The zero-order chi connectivity index (χ0) is 17.7. The minimum atomic E-state index is -0.143. The number of nitrogens with zero attached hydrogens (tertiary/aromatic N) is 2. The Hall–Kier alpha value is -3.41. The van der Waals surface area contributed by atoms with Crippen LogP contribution in [0.25, 0.3) is 22.3 Å². The number of carbonyl (C=O) groups is 1. The van der Waals surface area contributed by atoms with E-state index in [0.29, 0.717) is 5.56 Å². The van der Waals surface area contributed by atoms with Gasteiger partial charge in [-0.25, -0.2) is 0 Å². The van der Waals surface area contributed by atoms with E-state index < -0.39 is 0 Å². The normalized spacial score (nSPS) is 12.7. The van der Waals surface area contributed by atoms with Crippen molar-refractivity contribution in [2.24, 2.45) is 0 Å². The van der Waals surface area contributed by atoms with Crippen molar-refractivity contribution in [1.82, 2.24) is 20.2 Å². The van der Waals surface area contributed by atoms with Gasteiger partial charge in [-0.1, -0.05) is 0 Å². The second-order valence-electron chi connectivity index (χ2n) is 6.60. The zero-order valence-electron chi connectivity index (χ0n) is 14.3. The van der Waals surface area contributed by atoms with Gasteiger partial charge < -0.3 is 10.3 Å². The van der Waals surface area contributed by atoms with E-state index in [9.17, 15) is 4.79 Å². The lowest BCUT2D eigenvalue weighted by Crippen LogP contribution is -2.13. The standard InChI is InChI=1S/C20H17N5O/c1-11-14(3-2-8-21-11)20(26)23-13-5-7-17-16(9-13)15-6-4-12-10-22-25-18(12)19(15)24-17/h2-3,5,7-10,24H,4,6H2,1H3,(H,22,25)(H,23,26). The number of hydrogen-bond donors (Lipinski definition) is 3. The molecule has 1 aliphatic carbocycles. The maximum Gasteiger partial charge on any atom is 0.257 e. The summed E-state index contributed by atoms with van der Waals surface area (Å²) in [7, 11) is 0. The minimum absolute atomic E-state index is 0.143. The van der Waals surface area contributed by atoms with Crippen LogP contribution >= 0.6 is 0 Å². The molecule has 1 aliphatic rings. The molecule has 3 aromatic heterocycles. The predicted molar refractivity (Wildman–Crippen MR) is 100 cm³/mol. The Morgan fingerprint density at radius 2 is 2.12 bits per heavy atom. The van der Waals surface area contributed by atoms with Crippen molar-refractivity contribution in [2.45, 2.75) is 19.8 Å². The van der Waals surface area contributed by atoms with Gasteiger partial charge in [-0.3, -0.25) is 14.9 Å². The first-order valence-electron chi connectivity index (χ1n) is 8.61. The molecule has 3 N–H and O–H groups in total. The summed E-state index contributed by atoms with van der Waals surface area (Å²) >= 11 is 0. The molecule has 0 bridgehead atoms. The molecule has 0 fully saturated rings.